The van der Waals surface area contributed by atoms with Crippen molar-refractivity contribution in [2.45, 2.75) is 58.1 Å². The summed E-state index contributed by atoms with van der Waals surface area (Å²) in [7, 11) is 1.78. The minimum atomic E-state index is 0. The van der Waals surface area contributed by atoms with Gasteiger partial charge in [0.05, 0.1) is 0 Å². The maximum Gasteiger partial charge on any atom is 0.213 e. The summed E-state index contributed by atoms with van der Waals surface area (Å²) in [6, 6.07) is 4.02. The summed E-state index contributed by atoms with van der Waals surface area (Å²) in [5.41, 5.74) is 1.14. The molecule has 0 aliphatic heterocycles. The third-order valence-corrected chi connectivity index (χ3v) is 4.28. The molecule has 0 radical (unpaired) electrons. The molecule has 1 aliphatic carbocycles. The Kier molecular flexibility index (Phi) is 12.4. The number of hydrogen-bond acceptors (Lipinski definition) is 4. The van der Waals surface area contributed by atoms with Crippen LogP contribution in [0.3, 0.4) is 0 Å². The van der Waals surface area contributed by atoms with E-state index in [1.54, 1.807) is 7.05 Å². The normalized spacial score (nSPS) is 15.2. The second kappa shape index (κ2) is 14.0. The number of aliphatic imine (C=N–C) groups is 1. The van der Waals surface area contributed by atoms with Crippen LogP contribution >= 0.6 is 24.0 Å². The van der Waals surface area contributed by atoms with Crippen molar-refractivity contribution < 1.29 is 9.47 Å². The average molecular weight is 476 g/mol. The van der Waals surface area contributed by atoms with E-state index >= 15 is 0 Å². The third kappa shape index (κ3) is 9.02. The van der Waals surface area contributed by atoms with Gasteiger partial charge in [0.25, 0.3) is 0 Å². The molecule has 2 N–H and O–H groups in total. The van der Waals surface area contributed by atoms with E-state index in [1.807, 2.05) is 25.3 Å². The molecule has 0 saturated heterocycles. The van der Waals surface area contributed by atoms with Gasteiger partial charge in [0.1, 0.15) is 6.10 Å². The minimum Gasteiger partial charge on any atom is -0.474 e. The predicted octanol–water partition coefficient (Wildman–Crippen LogP) is 3.50. The number of aromatic nitrogens is 1. The van der Waals surface area contributed by atoms with Crippen molar-refractivity contribution in [2.24, 2.45) is 4.99 Å². The van der Waals surface area contributed by atoms with Gasteiger partial charge in [-0.3, -0.25) is 4.99 Å². The topological polar surface area (TPSA) is 67.8 Å². The van der Waals surface area contributed by atoms with Crippen molar-refractivity contribution in [2.75, 3.05) is 26.8 Å². The van der Waals surface area contributed by atoms with E-state index in [0.29, 0.717) is 12.6 Å². The summed E-state index contributed by atoms with van der Waals surface area (Å²) in [6.45, 7) is 5.07. The first-order chi connectivity index (χ1) is 12.3. The van der Waals surface area contributed by atoms with E-state index < -0.39 is 0 Å². The van der Waals surface area contributed by atoms with E-state index in [9.17, 15) is 0 Å². The van der Waals surface area contributed by atoms with E-state index in [2.05, 4.69) is 20.6 Å². The molecule has 1 saturated carbocycles. The summed E-state index contributed by atoms with van der Waals surface area (Å²) in [5.74, 6) is 1.52. The van der Waals surface area contributed by atoms with E-state index in [-0.39, 0.29) is 24.0 Å². The highest BCUT2D eigenvalue weighted by Gasteiger charge is 2.15. The molecule has 1 aromatic heterocycles. The van der Waals surface area contributed by atoms with Crippen LogP contribution in [-0.4, -0.2) is 43.9 Å². The van der Waals surface area contributed by atoms with Crippen molar-refractivity contribution in [3.05, 3.63) is 23.9 Å². The predicted molar refractivity (Wildman–Crippen MR) is 116 cm³/mol. The Balaban J connectivity index is 0.00000338. The van der Waals surface area contributed by atoms with Gasteiger partial charge in [0, 0.05) is 45.6 Å². The first-order valence-corrected chi connectivity index (χ1v) is 9.45. The lowest BCUT2D eigenvalue weighted by molar-refractivity contribution is 0.145. The number of rotatable bonds is 9. The molecule has 0 amide bonds. The quantitative estimate of drug-likeness (QED) is 0.247. The van der Waals surface area contributed by atoms with Gasteiger partial charge in [-0.2, -0.15) is 0 Å². The van der Waals surface area contributed by atoms with Crippen molar-refractivity contribution >= 4 is 29.9 Å². The molecular weight excluding hydrogens is 443 g/mol. The Hall–Kier alpha value is -1.09. The van der Waals surface area contributed by atoms with Crippen molar-refractivity contribution in [3.8, 4) is 5.88 Å². The number of nitrogens with one attached hydrogen (secondary N) is 2. The summed E-state index contributed by atoms with van der Waals surface area (Å²) in [6.07, 6.45) is 9.23. The number of nitrogens with zero attached hydrogens (tertiary/aromatic N) is 2. The van der Waals surface area contributed by atoms with Crippen LogP contribution in [0.15, 0.2) is 23.3 Å². The van der Waals surface area contributed by atoms with Crippen molar-refractivity contribution in [3.63, 3.8) is 0 Å². The van der Waals surface area contributed by atoms with Gasteiger partial charge in [-0.1, -0.05) is 6.42 Å². The smallest absolute Gasteiger partial charge is 0.213 e. The van der Waals surface area contributed by atoms with Crippen LogP contribution in [0.25, 0.3) is 0 Å². The van der Waals surface area contributed by atoms with E-state index in [4.69, 9.17) is 9.47 Å². The zero-order valence-electron chi connectivity index (χ0n) is 16.0. The largest absolute Gasteiger partial charge is 0.474 e. The number of guanidine groups is 1. The fourth-order valence-electron chi connectivity index (χ4n) is 2.91. The maximum absolute atomic E-state index is 6.03. The van der Waals surface area contributed by atoms with Gasteiger partial charge in [0.2, 0.25) is 5.88 Å². The van der Waals surface area contributed by atoms with Crippen molar-refractivity contribution in [1.82, 2.24) is 15.6 Å². The molecule has 0 atom stereocenters. The summed E-state index contributed by atoms with van der Waals surface area (Å²) in [5, 5.41) is 6.61. The number of pyridine rings is 1. The number of ether oxygens (including phenoxy) is 2. The van der Waals surface area contributed by atoms with Crippen LogP contribution in [0, 0.1) is 0 Å². The molecule has 1 aliphatic rings. The first-order valence-electron chi connectivity index (χ1n) is 9.45. The number of halogens is 1. The molecule has 0 unspecified atom stereocenters. The molecule has 0 bridgehead atoms. The summed E-state index contributed by atoms with van der Waals surface area (Å²) >= 11 is 0. The molecule has 148 valence electrons. The maximum atomic E-state index is 6.03. The molecule has 0 spiro atoms. The fraction of sp³-hybridized carbons (Fsp3) is 0.684. The fourth-order valence-corrected chi connectivity index (χ4v) is 2.91. The second-order valence-corrected chi connectivity index (χ2v) is 6.28. The van der Waals surface area contributed by atoms with Gasteiger partial charge in [-0.25, -0.2) is 4.98 Å². The Morgan fingerprint density at radius 3 is 2.81 bits per heavy atom. The van der Waals surface area contributed by atoms with Crippen LogP contribution < -0.4 is 15.4 Å². The zero-order valence-corrected chi connectivity index (χ0v) is 18.3. The SMILES string of the molecule is CCOCCCNC(=NC)NCc1ccnc(OC2CCCCC2)c1.I. The average Bonchev–Trinajstić information content (AvgIpc) is 2.65. The van der Waals surface area contributed by atoms with Crippen LogP contribution in [-0.2, 0) is 11.3 Å². The van der Waals surface area contributed by atoms with Crippen molar-refractivity contribution in [1.29, 1.82) is 0 Å². The van der Waals surface area contributed by atoms with Gasteiger partial charge in [0.15, 0.2) is 5.96 Å². The van der Waals surface area contributed by atoms with E-state index in [0.717, 1.165) is 56.4 Å². The Morgan fingerprint density at radius 1 is 1.27 bits per heavy atom. The monoisotopic (exact) mass is 476 g/mol. The summed E-state index contributed by atoms with van der Waals surface area (Å²) in [4.78, 5) is 8.59. The third-order valence-electron chi connectivity index (χ3n) is 4.28. The van der Waals surface area contributed by atoms with Crippen LogP contribution in [0.4, 0.5) is 0 Å². The Bertz CT molecular complexity index is 522. The van der Waals surface area contributed by atoms with Gasteiger partial charge in [-0.15, -0.1) is 24.0 Å². The molecule has 2 rings (SSSR count). The Labute approximate surface area is 174 Å². The minimum absolute atomic E-state index is 0. The standard InChI is InChI=1S/C19H32N4O2.HI/c1-3-24-13-7-11-22-19(20-2)23-15-16-10-12-21-18(14-16)25-17-8-5-4-6-9-17;/h10,12,14,17H,3-9,11,13,15H2,1-2H3,(H2,20,22,23);1H. The lowest BCUT2D eigenvalue weighted by Crippen LogP contribution is -2.37. The van der Waals surface area contributed by atoms with Gasteiger partial charge < -0.3 is 20.1 Å². The molecule has 0 aromatic carbocycles. The summed E-state index contributed by atoms with van der Waals surface area (Å²) < 4.78 is 11.4. The molecular formula is C19H33IN4O2. The highest BCUT2D eigenvalue weighted by Crippen LogP contribution is 2.22. The molecule has 1 fully saturated rings. The number of hydrogen-bond donors (Lipinski definition) is 2. The lowest BCUT2D eigenvalue weighted by atomic mass is 9.98. The first kappa shape index (κ1) is 23.0. The molecule has 7 heteroatoms. The molecule has 26 heavy (non-hydrogen) atoms. The molecule has 1 aromatic rings. The molecule has 6 nitrogen and oxygen atoms in total. The Morgan fingerprint density at radius 2 is 2.08 bits per heavy atom. The van der Waals surface area contributed by atoms with Gasteiger partial charge >= 0.3 is 0 Å². The zero-order chi connectivity index (χ0) is 17.7. The van der Waals surface area contributed by atoms with E-state index in [1.165, 1.54) is 19.3 Å². The highest BCUT2D eigenvalue weighted by atomic mass is 127. The van der Waals surface area contributed by atoms with Gasteiger partial charge in [-0.05, 0) is 50.7 Å². The second-order valence-electron chi connectivity index (χ2n) is 6.28. The van der Waals surface area contributed by atoms with Crippen LogP contribution in [0.1, 0.15) is 51.0 Å². The van der Waals surface area contributed by atoms with Crippen LogP contribution in [0.2, 0.25) is 0 Å². The molecule has 1 heterocycles. The highest BCUT2D eigenvalue weighted by molar-refractivity contribution is 14.0. The van der Waals surface area contributed by atoms with Crippen LogP contribution in [0.5, 0.6) is 5.88 Å². The lowest BCUT2D eigenvalue weighted by Gasteiger charge is -2.22.